The molecule has 1 amide bonds. The first-order chi connectivity index (χ1) is 13.8. The van der Waals surface area contributed by atoms with Gasteiger partial charge in [0.05, 0.1) is 11.5 Å². The molecule has 0 aliphatic carbocycles. The molecule has 2 aromatic carbocycles. The number of hydrogen-bond donors (Lipinski definition) is 1. The fourth-order valence-corrected chi connectivity index (χ4v) is 3.79. The van der Waals surface area contributed by atoms with Gasteiger partial charge in [-0.25, -0.2) is 0 Å². The lowest BCUT2D eigenvalue weighted by atomic mass is 10.2. The van der Waals surface area contributed by atoms with E-state index in [-0.39, 0.29) is 23.2 Å². The average Bonchev–Trinajstić information content (AvgIpc) is 2.67. The quantitative estimate of drug-likeness (QED) is 0.516. The Hall–Kier alpha value is -1.90. The number of hydrogen-bond acceptors (Lipinski definition) is 5. The minimum Gasteiger partial charge on any atom is -0.325 e. The molecule has 1 aliphatic rings. The zero-order valence-corrected chi connectivity index (χ0v) is 17.7. The summed E-state index contributed by atoms with van der Waals surface area (Å²) in [4.78, 5) is 27.0. The first-order valence-electron chi connectivity index (χ1n) is 8.94. The molecular weight excluding hydrogens is 439 g/mol. The highest BCUT2D eigenvalue weighted by molar-refractivity contribution is 6.35. The second-order valence-electron chi connectivity index (χ2n) is 6.76. The van der Waals surface area contributed by atoms with Gasteiger partial charge in [0.25, 0.3) is 5.69 Å². The van der Waals surface area contributed by atoms with Crippen LogP contribution in [-0.4, -0.2) is 53.4 Å². The van der Waals surface area contributed by atoms with E-state index in [2.05, 4.69) is 10.2 Å². The monoisotopic (exact) mass is 456 g/mol. The van der Waals surface area contributed by atoms with Crippen LogP contribution in [0.1, 0.15) is 5.56 Å². The van der Waals surface area contributed by atoms with Crippen LogP contribution >= 0.6 is 34.8 Å². The fourth-order valence-electron chi connectivity index (χ4n) is 3.13. The maximum Gasteiger partial charge on any atom is 0.289 e. The van der Waals surface area contributed by atoms with Crippen LogP contribution in [0.5, 0.6) is 0 Å². The molecule has 154 valence electrons. The first kappa shape index (κ1) is 21.8. The average molecular weight is 458 g/mol. The predicted octanol–water partition coefficient (Wildman–Crippen LogP) is 4.31. The molecule has 0 unspecified atom stereocenters. The molecule has 1 N–H and O–H groups in total. The Kier molecular flexibility index (Phi) is 7.32. The van der Waals surface area contributed by atoms with Crippen molar-refractivity contribution in [1.82, 2.24) is 9.80 Å². The minimum absolute atomic E-state index is 0.0323. The molecular formula is C19H19Cl3N4O3. The van der Waals surface area contributed by atoms with Gasteiger partial charge in [0.15, 0.2) is 0 Å². The van der Waals surface area contributed by atoms with Crippen molar-refractivity contribution in [3.8, 4) is 0 Å². The number of halogens is 3. The zero-order chi connectivity index (χ0) is 21.0. The van der Waals surface area contributed by atoms with Gasteiger partial charge < -0.3 is 5.32 Å². The summed E-state index contributed by atoms with van der Waals surface area (Å²) in [6.07, 6.45) is 0. The van der Waals surface area contributed by atoms with E-state index in [4.69, 9.17) is 34.8 Å². The SMILES string of the molecule is O=C(CN1CCN(Cc2ccc(Cl)cc2Cl)CC1)Nc1ccc(Cl)c([N+](=O)[O-])c1. The maximum absolute atomic E-state index is 12.3. The number of nitrogens with zero attached hydrogens (tertiary/aromatic N) is 3. The molecule has 7 nitrogen and oxygen atoms in total. The van der Waals surface area contributed by atoms with E-state index < -0.39 is 4.92 Å². The smallest absolute Gasteiger partial charge is 0.289 e. The third kappa shape index (κ3) is 6.04. The largest absolute Gasteiger partial charge is 0.325 e. The molecule has 0 bridgehead atoms. The van der Waals surface area contributed by atoms with Gasteiger partial charge in [-0.2, -0.15) is 0 Å². The van der Waals surface area contributed by atoms with E-state index in [9.17, 15) is 14.9 Å². The number of piperazine rings is 1. The van der Waals surface area contributed by atoms with Crippen molar-refractivity contribution in [2.24, 2.45) is 0 Å². The van der Waals surface area contributed by atoms with Crippen LogP contribution in [0.3, 0.4) is 0 Å². The molecule has 0 saturated carbocycles. The molecule has 1 heterocycles. The second kappa shape index (κ2) is 9.73. The molecule has 1 fully saturated rings. The third-order valence-corrected chi connectivity index (χ3v) is 5.57. The normalized spacial score (nSPS) is 15.3. The number of nitro benzene ring substituents is 1. The topological polar surface area (TPSA) is 78.7 Å². The Labute approximate surface area is 183 Å². The van der Waals surface area contributed by atoms with Gasteiger partial charge in [0.2, 0.25) is 5.91 Å². The Bertz CT molecular complexity index is 918. The van der Waals surface area contributed by atoms with Crippen LogP contribution in [-0.2, 0) is 11.3 Å². The summed E-state index contributed by atoms with van der Waals surface area (Å²) >= 11 is 18.0. The summed E-state index contributed by atoms with van der Waals surface area (Å²) in [6.45, 7) is 4.02. The highest BCUT2D eigenvalue weighted by Gasteiger charge is 2.20. The maximum atomic E-state index is 12.3. The van der Waals surface area contributed by atoms with Crippen molar-refractivity contribution in [3.63, 3.8) is 0 Å². The van der Waals surface area contributed by atoms with Crippen molar-refractivity contribution in [1.29, 1.82) is 0 Å². The third-order valence-electron chi connectivity index (χ3n) is 4.67. The van der Waals surface area contributed by atoms with Gasteiger partial charge in [-0.3, -0.25) is 24.7 Å². The lowest BCUT2D eigenvalue weighted by Gasteiger charge is -2.34. The van der Waals surface area contributed by atoms with E-state index in [1.807, 2.05) is 17.0 Å². The van der Waals surface area contributed by atoms with Gasteiger partial charge in [-0.15, -0.1) is 0 Å². The number of rotatable bonds is 6. The summed E-state index contributed by atoms with van der Waals surface area (Å²) in [5.41, 5.74) is 1.13. The highest BCUT2D eigenvalue weighted by atomic mass is 35.5. The lowest BCUT2D eigenvalue weighted by Crippen LogP contribution is -2.48. The fraction of sp³-hybridized carbons (Fsp3) is 0.316. The van der Waals surface area contributed by atoms with E-state index in [1.54, 1.807) is 12.1 Å². The molecule has 3 rings (SSSR count). The van der Waals surface area contributed by atoms with Crippen LogP contribution in [0.25, 0.3) is 0 Å². The van der Waals surface area contributed by atoms with Crippen molar-refractivity contribution in [3.05, 3.63) is 67.1 Å². The minimum atomic E-state index is -0.579. The summed E-state index contributed by atoms with van der Waals surface area (Å²) in [5, 5.41) is 14.9. The Balaban J connectivity index is 1.48. The number of nitro groups is 1. The summed E-state index contributed by atoms with van der Waals surface area (Å²) in [7, 11) is 0. The van der Waals surface area contributed by atoms with Crippen molar-refractivity contribution in [2.45, 2.75) is 6.54 Å². The Morgan fingerprint density at radius 3 is 2.34 bits per heavy atom. The van der Waals surface area contributed by atoms with Crippen LogP contribution in [0.2, 0.25) is 15.1 Å². The van der Waals surface area contributed by atoms with Crippen LogP contribution < -0.4 is 5.32 Å². The molecule has 1 aliphatic heterocycles. The number of nitrogens with one attached hydrogen (secondary N) is 1. The molecule has 0 radical (unpaired) electrons. The van der Waals surface area contributed by atoms with Crippen molar-refractivity contribution in [2.75, 3.05) is 38.0 Å². The Morgan fingerprint density at radius 2 is 1.69 bits per heavy atom. The van der Waals surface area contributed by atoms with Crippen LogP contribution in [0, 0.1) is 10.1 Å². The molecule has 0 spiro atoms. The second-order valence-corrected chi connectivity index (χ2v) is 8.01. The first-order valence-corrected chi connectivity index (χ1v) is 10.1. The van der Waals surface area contributed by atoms with Gasteiger partial charge in [-0.1, -0.05) is 40.9 Å². The molecule has 1 saturated heterocycles. The van der Waals surface area contributed by atoms with Crippen molar-refractivity contribution < 1.29 is 9.72 Å². The number of carbonyl (C=O) groups is 1. The molecule has 2 aromatic rings. The van der Waals surface area contributed by atoms with E-state index in [1.165, 1.54) is 12.1 Å². The highest BCUT2D eigenvalue weighted by Crippen LogP contribution is 2.27. The van der Waals surface area contributed by atoms with Crippen molar-refractivity contribution >= 4 is 52.1 Å². The van der Waals surface area contributed by atoms with Gasteiger partial charge >= 0.3 is 0 Å². The van der Waals surface area contributed by atoms with Gasteiger partial charge in [0, 0.05) is 54.5 Å². The van der Waals surface area contributed by atoms with Crippen LogP contribution in [0.15, 0.2) is 36.4 Å². The summed E-state index contributed by atoms with van der Waals surface area (Å²) in [5.74, 6) is -0.226. The number of benzene rings is 2. The summed E-state index contributed by atoms with van der Waals surface area (Å²) < 4.78 is 0. The van der Waals surface area contributed by atoms with E-state index in [0.717, 1.165) is 38.3 Å². The molecule has 29 heavy (non-hydrogen) atoms. The van der Waals surface area contributed by atoms with Gasteiger partial charge in [0.1, 0.15) is 5.02 Å². The van der Waals surface area contributed by atoms with E-state index in [0.29, 0.717) is 15.7 Å². The molecule has 0 aromatic heterocycles. The number of carbonyl (C=O) groups excluding carboxylic acids is 1. The lowest BCUT2D eigenvalue weighted by molar-refractivity contribution is -0.384. The van der Waals surface area contributed by atoms with Gasteiger partial charge in [-0.05, 0) is 29.8 Å². The van der Waals surface area contributed by atoms with E-state index >= 15 is 0 Å². The Morgan fingerprint density at radius 1 is 1.00 bits per heavy atom. The standard InChI is InChI=1S/C19H19Cl3N4O3/c20-14-2-1-13(17(22)9-14)11-24-5-7-25(8-6-24)12-19(27)23-15-3-4-16(21)18(10-15)26(28)29/h1-4,9-10H,5-8,11-12H2,(H,23,27). The zero-order valence-electron chi connectivity index (χ0n) is 15.4. The predicted molar refractivity (Wildman–Crippen MR) is 115 cm³/mol. The van der Waals surface area contributed by atoms with Crippen LogP contribution in [0.4, 0.5) is 11.4 Å². The summed E-state index contributed by atoms with van der Waals surface area (Å²) in [6, 6.07) is 9.69. The number of amides is 1. The molecule has 10 heteroatoms. The number of anilines is 1. The molecule has 0 atom stereocenters.